The lowest BCUT2D eigenvalue weighted by atomic mass is 10.1. The van der Waals surface area contributed by atoms with Crippen LogP contribution < -0.4 is 19.1 Å². The van der Waals surface area contributed by atoms with Crippen LogP contribution in [0.15, 0.2) is 47.8 Å². The van der Waals surface area contributed by atoms with Crippen molar-refractivity contribution in [3.63, 3.8) is 0 Å². The molecule has 0 saturated carbocycles. The summed E-state index contributed by atoms with van der Waals surface area (Å²) < 4.78 is 16.0. The molecule has 0 N–H and O–H groups in total. The quantitative estimate of drug-likeness (QED) is 0.499. The van der Waals surface area contributed by atoms with Crippen molar-refractivity contribution in [2.24, 2.45) is 5.92 Å². The van der Waals surface area contributed by atoms with Gasteiger partial charge in [0.1, 0.15) is 17.2 Å². The summed E-state index contributed by atoms with van der Waals surface area (Å²) >= 11 is 1.43. The summed E-state index contributed by atoms with van der Waals surface area (Å²) in [4.78, 5) is 19.7. The second-order valence-electron chi connectivity index (χ2n) is 7.12. The summed E-state index contributed by atoms with van der Waals surface area (Å²) in [5.74, 6) is 2.32. The smallest absolute Gasteiger partial charge is 0.260 e. The second kappa shape index (κ2) is 9.63. The van der Waals surface area contributed by atoms with Gasteiger partial charge in [0.15, 0.2) is 5.13 Å². The third-order valence-corrected chi connectivity index (χ3v) is 5.40. The fraction of sp³-hybridized carbons (Fsp3) is 0.304. The molecule has 158 valence electrons. The number of methoxy groups -OCH3 is 3. The van der Waals surface area contributed by atoms with E-state index in [1.54, 1.807) is 50.5 Å². The number of nitrogens with zero attached hydrogens (tertiary/aromatic N) is 2. The molecule has 0 aliphatic rings. The number of anilines is 1. The topological polar surface area (TPSA) is 60.9 Å². The molecule has 0 aliphatic carbocycles. The number of hydrogen-bond acceptors (Lipinski definition) is 6. The molecule has 0 spiro atoms. The zero-order valence-corrected chi connectivity index (χ0v) is 18.7. The third-order valence-electron chi connectivity index (χ3n) is 4.54. The van der Waals surface area contributed by atoms with Crippen molar-refractivity contribution in [2.75, 3.05) is 32.8 Å². The summed E-state index contributed by atoms with van der Waals surface area (Å²) in [6.45, 7) is 4.72. The number of ether oxygens (including phenoxy) is 3. The van der Waals surface area contributed by atoms with Gasteiger partial charge >= 0.3 is 0 Å². The first-order chi connectivity index (χ1) is 14.5. The van der Waals surface area contributed by atoms with E-state index in [1.807, 2.05) is 23.6 Å². The number of carbonyl (C=O) groups excluding carboxylic acids is 1. The SMILES string of the molecule is COc1ccc(C(=O)N(CC(C)C)c2nc(-c3cc(OC)ccc3OC)cs2)cc1. The van der Waals surface area contributed by atoms with E-state index in [2.05, 4.69) is 13.8 Å². The highest BCUT2D eigenvalue weighted by Crippen LogP contribution is 2.36. The molecule has 1 heterocycles. The van der Waals surface area contributed by atoms with Crippen LogP contribution in [-0.2, 0) is 0 Å². The van der Waals surface area contributed by atoms with Crippen LogP contribution in [0.3, 0.4) is 0 Å². The largest absolute Gasteiger partial charge is 0.497 e. The number of benzene rings is 2. The average molecular weight is 427 g/mol. The van der Waals surface area contributed by atoms with Crippen LogP contribution in [-0.4, -0.2) is 38.8 Å². The minimum Gasteiger partial charge on any atom is -0.497 e. The van der Waals surface area contributed by atoms with E-state index in [0.29, 0.717) is 34.5 Å². The predicted molar refractivity (Wildman–Crippen MR) is 120 cm³/mol. The zero-order valence-electron chi connectivity index (χ0n) is 17.8. The summed E-state index contributed by atoms with van der Waals surface area (Å²) in [7, 11) is 4.85. The van der Waals surface area contributed by atoms with Gasteiger partial charge in [-0.25, -0.2) is 4.98 Å². The summed E-state index contributed by atoms with van der Waals surface area (Å²) in [6.07, 6.45) is 0. The molecule has 3 rings (SSSR count). The first kappa shape index (κ1) is 21.6. The van der Waals surface area contributed by atoms with E-state index in [0.717, 1.165) is 11.3 Å². The minimum absolute atomic E-state index is 0.0927. The fourth-order valence-electron chi connectivity index (χ4n) is 3.03. The van der Waals surface area contributed by atoms with Gasteiger partial charge in [0.25, 0.3) is 5.91 Å². The van der Waals surface area contributed by atoms with E-state index in [9.17, 15) is 4.79 Å². The standard InChI is InChI=1S/C23H26N2O4S/c1-15(2)13-25(22(26)16-6-8-17(27-3)9-7-16)23-24-20(14-30-23)19-12-18(28-4)10-11-21(19)29-5/h6-12,14-15H,13H2,1-5H3. The Bertz CT molecular complexity index is 999. The Morgan fingerprint density at radius 1 is 1.00 bits per heavy atom. The Morgan fingerprint density at radius 3 is 2.27 bits per heavy atom. The van der Waals surface area contributed by atoms with Crippen LogP contribution in [0.4, 0.5) is 5.13 Å². The molecule has 1 aromatic heterocycles. The first-order valence-electron chi connectivity index (χ1n) is 9.60. The number of thiazole rings is 1. The maximum Gasteiger partial charge on any atom is 0.260 e. The lowest BCUT2D eigenvalue weighted by molar-refractivity contribution is 0.0984. The van der Waals surface area contributed by atoms with Crippen molar-refractivity contribution >= 4 is 22.4 Å². The minimum atomic E-state index is -0.0927. The van der Waals surface area contributed by atoms with Gasteiger partial charge in [-0.3, -0.25) is 9.69 Å². The van der Waals surface area contributed by atoms with Gasteiger partial charge in [-0.15, -0.1) is 11.3 Å². The molecular weight excluding hydrogens is 400 g/mol. The summed E-state index contributed by atoms with van der Waals surface area (Å²) in [5.41, 5.74) is 2.15. The molecular formula is C23H26N2O4S. The van der Waals surface area contributed by atoms with Crippen LogP contribution in [0, 0.1) is 5.92 Å². The predicted octanol–water partition coefficient (Wildman–Crippen LogP) is 5.14. The second-order valence-corrected chi connectivity index (χ2v) is 7.96. The number of carbonyl (C=O) groups is 1. The van der Waals surface area contributed by atoms with Gasteiger partial charge in [0.2, 0.25) is 0 Å². The Labute approximate surface area is 181 Å². The molecule has 3 aromatic rings. The molecule has 0 radical (unpaired) electrons. The van der Waals surface area contributed by atoms with Crippen molar-refractivity contribution in [2.45, 2.75) is 13.8 Å². The molecule has 0 atom stereocenters. The van der Waals surface area contributed by atoms with Crippen LogP contribution in [0.1, 0.15) is 24.2 Å². The Hall–Kier alpha value is -3.06. The normalized spacial score (nSPS) is 10.7. The Morgan fingerprint density at radius 2 is 1.67 bits per heavy atom. The molecule has 30 heavy (non-hydrogen) atoms. The molecule has 6 nitrogen and oxygen atoms in total. The van der Waals surface area contributed by atoms with Gasteiger partial charge in [-0.2, -0.15) is 0 Å². The maximum atomic E-state index is 13.3. The highest BCUT2D eigenvalue weighted by Gasteiger charge is 2.23. The Balaban J connectivity index is 1.96. The maximum absolute atomic E-state index is 13.3. The Kier molecular flexibility index (Phi) is 6.95. The number of rotatable bonds is 8. The molecule has 0 bridgehead atoms. The third kappa shape index (κ3) is 4.74. The van der Waals surface area contributed by atoms with Crippen molar-refractivity contribution in [1.29, 1.82) is 0 Å². The van der Waals surface area contributed by atoms with Gasteiger partial charge < -0.3 is 14.2 Å². The van der Waals surface area contributed by atoms with Crippen molar-refractivity contribution < 1.29 is 19.0 Å². The van der Waals surface area contributed by atoms with E-state index in [1.165, 1.54) is 11.3 Å². The fourth-order valence-corrected chi connectivity index (χ4v) is 3.86. The van der Waals surface area contributed by atoms with Gasteiger partial charge in [0, 0.05) is 23.1 Å². The zero-order chi connectivity index (χ0) is 21.7. The monoisotopic (exact) mass is 426 g/mol. The highest BCUT2D eigenvalue weighted by molar-refractivity contribution is 7.14. The van der Waals surface area contributed by atoms with Gasteiger partial charge in [-0.05, 0) is 48.4 Å². The number of hydrogen-bond donors (Lipinski definition) is 0. The summed E-state index contributed by atoms with van der Waals surface area (Å²) in [5, 5.41) is 2.57. The molecule has 0 unspecified atom stereocenters. The van der Waals surface area contributed by atoms with E-state index < -0.39 is 0 Å². The van der Waals surface area contributed by atoms with Crippen molar-refractivity contribution in [1.82, 2.24) is 4.98 Å². The van der Waals surface area contributed by atoms with Crippen molar-refractivity contribution in [3.05, 3.63) is 53.4 Å². The van der Waals surface area contributed by atoms with Gasteiger partial charge in [-0.1, -0.05) is 13.8 Å². The van der Waals surface area contributed by atoms with Crippen LogP contribution in [0.5, 0.6) is 17.2 Å². The summed E-state index contributed by atoms with van der Waals surface area (Å²) in [6, 6.07) is 12.7. The van der Waals surface area contributed by atoms with Gasteiger partial charge in [0.05, 0.1) is 27.0 Å². The van der Waals surface area contributed by atoms with Crippen LogP contribution in [0.2, 0.25) is 0 Å². The lowest BCUT2D eigenvalue weighted by Crippen LogP contribution is -2.34. The average Bonchev–Trinajstić information content (AvgIpc) is 3.26. The number of aromatic nitrogens is 1. The molecule has 0 saturated heterocycles. The number of amides is 1. The van der Waals surface area contributed by atoms with Crippen LogP contribution in [0.25, 0.3) is 11.3 Å². The first-order valence-corrected chi connectivity index (χ1v) is 10.5. The molecule has 2 aromatic carbocycles. The van der Waals surface area contributed by atoms with E-state index in [-0.39, 0.29) is 11.8 Å². The van der Waals surface area contributed by atoms with E-state index >= 15 is 0 Å². The van der Waals surface area contributed by atoms with E-state index in [4.69, 9.17) is 19.2 Å². The highest BCUT2D eigenvalue weighted by atomic mass is 32.1. The molecule has 0 fully saturated rings. The lowest BCUT2D eigenvalue weighted by Gasteiger charge is -2.22. The van der Waals surface area contributed by atoms with Crippen LogP contribution >= 0.6 is 11.3 Å². The molecule has 7 heteroatoms. The molecule has 0 aliphatic heterocycles. The molecule has 1 amide bonds. The van der Waals surface area contributed by atoms with Crippen molar-refractivity contribution in [3.8, 4) is 28.5 Å².